The first-order chi connectivity index (χ1) is 9.58. The molecule has 2 N–H and O–H groups in total. The number of alkyl carbamates (subject to hydrolysis) is 1. The van der Waals surface area contributed by atoms with E-state index in [9.17, 15) is 14.7 Å². The van der Waals surface area contributed by atoms with Crippen LogP contribution in [0.25, 0.3) is 0 Å². The topological polar surface area (TPSA) is 75.6 Å². The molecule has 0 fully saturated rings. The van der Waals surface area contributed by atoms with E-state index in [4.69, 9.17) is 4.74 Å². The highest BCUT2D eigenvalue weighted by atomic mass is 32.2. The SMILES string of the molecule is CCCCOC(=O)NC(C(=O)O)c1ccc(SC)cc1. The quantitative estimate of drug-likeness (QED) is 0.597. The van der Waals surface area contributed by atoms with Crippen LogP contribution in [-0.2, 0) is 9.53 Å². The Balaban J connectivity index is 2.68. The molecular formula is C14H19NO4S. The van der Waals surface area contributed by atoms with Crippen molar-refractivity contribution in [1.82, 2.24) is 5.32 Å². The van der Waals surface area contributed by atoms with Gasteiger partial charge in [0, 0.05) is 4.90 Å². The number of nitrogens with one attached hydrogen (secondary N) is 1. The first kappa shape index (κ1) is 16.4. The van der Waals surface area contributed by atoms with Crippen molar-refractivity contribution in [3.8, 4) is 0 Å². The van der Waals surface area contributed by atoms with E-state index in [1.54, 1.807) is 23.9 Å². The molecule has 110 valence electrons. The molecule has 0 aliphatic carbocycles. The molecule has 0 heterocycles. The molecule has 0 saturated heterocycles. The van der Waals surface area contributed by atoms with Gasteiger partial charge in [-0.1, -0.05) is 25.5 Å². The maximum atomic E-state index is 11.5. The maximum absolute atomic E-state index is 11.5. The van der Waals surface area contributed by atoms with Gasteiger partial charge in [0.15, 0.2) is 6.04 Å². The molecule has 0 saturated carbocycles. The maximum Gasteiger partial charge on any atom is 0.408 e. The van der Waals surface area contributed by atoms with E-state index in [0.29, 0.717) is 12.2 Å². The Morgan fingerprint density at radius 1 is 1.35 bits per heavy atom. The predicted molar refractivity (Wildman–Crippen MR) is 78.0 cm³/mol. The van der Waals surface area contributed by atoms with Gasteiger partial charge >= 0.3 is 12.1 Å². The predicted octanol–water partition coefficient (Wildman–Crippen LogP) is 3.06. The molecule has 6 heteroatoms. The molecular weight excluding hydrogens is 278 g/mol. The number of benzene rings is 1. The minimum absolute atomic E-state index is 0.292. The third-order valence-electron chi connectivity index (χ3n) is 2.69. The Morgan fingerprint density at radius 2 is 2.00 bits per heavy atom. The second-order valence-corrected chi connectivity index (χ2v) is 5.06. The summed E-state index contributed by atoms with van der Waals surface area (Å²) in [5.41, 5.74) is 0.516. The zero-order valence-electron chi connectivity index (χ0n) is 11.6. The molecule has 0 bridgehead atoms. The molecule has 1 aromatic carbocycles. The monoisotopic (exact) mass is 297 g/mol. The van der Waals surface area contributed by atoms with Gasteiger partial charge in [-0.25, -0.2) is 9.59 Å². The van der Waals surface area contributed by atoms with Gasteiger partial charge in [-0.05, 0) is 30.4 Å². The van der Waals surface area contributed by atoms with Crippen molar-refractivity contribution >= 4 is 23.8 Å². The molecule has 1 amide bonds. The van der Waals surface area contributed by atoms with Gasteiger partial charge in [-0.2, -0.15) is 0 Å². The number of amides is 1. The number of unbranched alkanes of at least 4 members (excludes halogenated alkanes) is 1. The van der Waals surface area contributed by atoms with E-state index in [1.165, 1.54) is 0 Å². The van der Waals surface area contributed by atoms with Gasteiger partial charge in [0.25, 0.3) is 0 Å². The van der Waals surface area contributed by atoms with Crippen LogP contribution in [0.4, 0.5) is 4.79 Å². The van der Waals surface area contributed by atoms with Crippen molar-refractivity contribution < 1.29 is 19.4 Å². The van der Waals surface area contributed by atoms with Gasteiger partial charge in [-0.15, -0.1) is 11.8 Å². The minimum Gasteiger partial charge on any atom is -0.479 e. The summed E-state index contributed by atoms with van der Waals surface area (Å²) in [6, 6.07) is 5.92. The van der Waals surface area contributed by atoms with Crippen molar-refractivity contribution in [2.75, 3.05) is 12.9 Å². The van der Waals surface area contributed by atoms with Crippen molar-refractivity contribution in [1.29, 1.82) is 0 Å². The van der Waals surface area contributed by atoms with Gasteiger partial charge in [-0.3, -0.25) is 0 Å². The fourth-order valence-electron chi connectivity index (χ4n) is 1.55. The Labute approximate surface area is 122 Å². The van der Waals surface area contributed by atoms with Crippen LogP contribution in [0, 0.1) is 0 Å². The number of carboxylic acids is 1. The third-order valence-corrected chi connectivity index (χ3v) is 3.43. The Kier molecular flexibility index (Phi) is 6.93. The number of carboxylic acid groups (broad SMARTS) is 1. The second kappa shape index (κ2) is 8.47. The summed E-state index contributed by atoms with van der Waals surface area (Å²) in [4.78, 5) is 23.8. The summed E-state index contributed by atoms with van der Waals surface area (Å²) >= 11 is 1.57. The van der Waals surface area contributed by atoms with E-state index < -0.39 is 18.1 Å². The number of carbonyl (C=O) groups excluding carboxylic acids is 1. The van der Waals surface area contributed by atoms with Gasteiger partial charge < -0.3 is 15.2 Å². The fraction of sp³-hybridized carbons (Fsp3) is 0.429. The molecule has 0 radical (unpaired) electrons. The normalized spacial score (nSPS) is 11.7. The van der Waals surface area contributed by atoms with Crippen LogP contribution in [0.15, 0.2) is 29.2 Å². The largest absolute Gasteiger partial charge is 0.479 e. The summed E-state index contributed by atoms with van der Waals surface area (Å²) in [7, 11) is 0. The van der Waals surface area contributed by atoms with E-state index in [-0.39, 0.29) is 0 Å². The zero-order chi connectivity index (χ0) is 15.0. The van der Waals surface area contributed by atoms with Gasteiger partial charge in [0.05, 0.1) is 6.61 Å². The average molecular weight is 297 g/mol. The standard InChI is InChI=1S/C14H19NO4S/c1-3-4-9-19-14(18)15-12(13(16)17)10-5-7-11(20-2)8-6-10/h5-8,12H,3-4,9H2,1-2H3,(H,15,18)(H,16,17). The van der Waals surface area contributed by atoms with E-state index >= 15 is 0 Å². The summed E-state index contributed by atoms with van der Waals surface area (Å²) in [6.07, 6.45) is 2.90. The molecule has 0 spiro atoms. The fourth-order valence-corrected chi connectivity index (χ4v) is 1.96. The summed E-state index contributed by atoms with van der Waals surface area (Å²) in [5, 5.41) is 11.6. The molecule has 1 aromatic rings. The number of thioether (sulfide) groups is 1. The number of rotatable bonds is 7. The number of carbonyl (C=O) groups is 2. The average Bonchev–Trinajstić information content (AvgIpc) is 2.45. The smallest absolute Gasteiger partial charge is 0.408 e. The Morgan fingerprint density at radius 3 is 2.50 bits per heavy atom. The summed E-state index contributed by atoms with van der Waals surface area (Å²) < 4.78 is 4.91. The Hall–Kier alpha value is -1.69. The van der Waals surface area contributed by atoms with Crippen molar-refractivity contribution in [2.24, 2.45) is 0 Å². The highest BCUT2D eigenvalue weighted by Crippen LogP contribution is 2.19. The molecule has 1 atom stereocenters. The van der Waals surface area contributed by atoms with E-state index in [2.05, 4.69) is 5.32 Å². The third kappa shape index (κ3) is 5.13. The first-order valence-corrected chi connectivity index (χ1v) is 7.61. The zero-order valence-corrected chi connectivity index (χ0v) is 12.4. The number of hydrogen-bond donors (Lipinski definition) is 2. The van der Waals surface area contributed by atoms with Crippen LogP contribution in [-0.4, -0.2) is 30.0 Å². The van der Waals surface area contributed by atoms with Crippen LogP contribution >= 0.6 is 11.8 Å². The van der Waals surface area contributed by atoms with E-state index in [1.807, 2.05) is 25.3 Å². The van der Waals surface area contributed by atoms with Crippen LogP contribution in [0.1, 0.15) is 31.4 Å². The molecule has 0 aliphatic rings. The van der Waals surface area contributed by atoms with Crippen LogP contribution in [0.3, 0.4) is 0 Å². The first-order valence-electron chi connectivity index (χ1n) is 6.38. The lowest BCUT2D eigenvalue weighted by atomic mass is 10.1. The molecule has 1 rings (SSSR count). The number of ether oxygens (including phenoxy) is 1. The molecule has 0 aliphatic heterocycles. The van der Waals surface area contributed by atoms with E-state index in [0.717, 1.165) is 17.7 Å². The highest BCUT2D eigenvalue weighted by Gasteiger charge is 2.22. The molecule has 5 nitrogen and oxygen atoms in total. The van der Waals surface area contributed by atoms with Crippen molar-refractivity contribution in [3.05, 3.63) is 29.8 Å². The minimum atomic E-state index is -1.12. The second-order valence-electron chi connectivity index (χ2n) is 4.18. The van der Waals surface area contributed by atoms with Gasteiger partial charge in [0.2, 0.25) is 0 Å². The Bertz CT molecular complexity index is 447. The molecule has 0 aromatic heterocycles. The van der Waals surface area contributed by atoms with Gasteiger partial charge in [0.1, 0.15) is 0 Å². The summed E-state index contributed by atoms with van der Waals surface area (Å²) in [6.45, 7) is 2.27. The molecule has 1 unspecified atom stereocenters. The lowest BCUT2D eigenvalue weighted by molar-refractivity contribution is -0.139. The summed E-state index contributed by atoms with van der Waals surface area (Å²) in [5.74, 6) is -1.12. The highest BCUT2D eigenvalue weighted by molar-refractivity contribution is 7.98. The van der Waals surface area contributed by atoms with Crippen molar-refractivity contribution in [2.45, 2.75) is 30.7 Å². The van der Waals surface area contributed by atoms with Crippen LogP contribution in [0.5, 0.6) is 0 Å². The molecule has 20 heavy (non-hydrogen) atoms. The lowest BCUT2D eigenvalue weighted by Gasteiger charge is -2.15. The lowest BCUT2D eigenvalue weighted by Crippen LogP contribution is -2.34. The number of aliphatic carboxylic acids is 1. The van der Waals surface area contributed by atoms with Crippen LogP contribution < -0.4 is 5.32 Å². The number of hydrogen-bond acceptors (Lipinski definition) is 4. The van der Waals surface area contributed by atoms with Crippen molar-refractivity contribution in [3.63, 3.8) is 0 Å². The van der Waals surface area contributed by atoms with Crippen LogP contribution in [0.2, 0.25) is 0 Å².